The minimum atomic E-state index is -3.51. The quantitative estimate of drug-likeness (QED) is 0.831. The van der Waals surface area contributed by atoms with Gasteiger partial charge in [0.1, 0.15) is 6.61 Å². The standard InChI is InChI=1S/C15H20N2O3S/c1-13-7-8-14(6-5-11-18)12-15(13)16-21(19,20)17-9-3-2-4-10-17/h7-8,12,16,18H,2-4,9-11H2,1H3. The van der Waals surface area contributed by atoms with E-state index in [9.17, 15) is 8.42 Å². The summed E-state index contributed by atoms with van der Waals surface area (Å²) >= 11 is 0. The van der Waals surface area contributed by atoms with Crippen LogP contribution in [0.1, 0.15) is 30.4 Å². The molecule has 0 aromatic heterocycles. The number of aliphatic hydroxyl groups is 1. The summed E-state index contributed by atoms with van der Waals surface area (Å²) in [4.78, 5) is 0. The molecule has 1 fully saturated rings. The van der Waals surface area contributed by atoms with E-state index in [1.54, 1.807) is 12.1 Å². The molecule has 1 aliphatic heterocycles. The summed E-state index contributed by atoms with van der Waals surface area (Å²) in [6, 6.07) is 5.31. The van der Waals surface area contributed by atoms with E-state index in [0.29, 0.717) is 24.3 Å². The molecule has 0 unspecified atom stereocenters. The fourth-order valence-electron chi connectivity index (χ4n) is 2.26. The van der Waals surface area contributed by atoms with Crippen LogP contribution < -0.4 is 4.72 Å². The van der Waals surface area contributed by atoms with Crippen molar-refractivity contribution in [2.45, 2.75) is 26.2 Å². The van der Waals surface area contributed by atoms with Crippen molar-refractivity contribution in [2.24, 2.45) is 0 Å². The van der Waals surface area contributed by atoms with Crippen molar-refractivity contribution in [3.8, 4) is 11.8 Å². The molecule has 21 heavy (non-hydrogen) atoms. The molecule has 1 aliphatic rings. The highest BCUT2D eigenvalue weighted by atomic mass is 32.2. The summed E-state index contributed by atoms with van der Waals surface area (Å²) in [5.74, 6) is 5.33. The number of hydrogen-bond acceptors (Lipinski definition) is 3. The number of piperidine rings is 1. The van der Waals surface area contributed by atoms with Gasteiger partial charge in [-0.2, -0.15) is 12.7 Å². The van der Waals surface area contributed by atoms with Crippen molar-refractivity contribution < 1.29 is 13.5 Å². The van der Waals surface area contributed by atoms with E-state index < -0.39 is 10.2 Å². The van der Waals surface area contributed by atoms with Crippen molar-refractivity contribution in [2.75, 3.05) is 24.4 Å². The molecule has 1 saturated heterocycles. The van der Waals surface area contributed by atoms with E-state index in [-0.39, 0.29) is 6.61 Å². The van der Waals surface area contributed by atoms with Gasteiger partial charge >= 0.3 is 10.2 Å². The SMILES string of the molecule is Cc1ccc(C#CCO)cc1NS(=O)(=O)N1CCCCC1. The lowest BCUT2D eigenvalue weighted by molar-refractivity contribution is 0.349. The zero-order valence-corrected chi connectivity index (χ0v) is 12.9. The van der Waals surface area contributed by atoms with Crippen LogP contribution in [0.15, 0.2) is 18.2 Å². The number of anilines is 1. The van der Waals surface area contributed by atoms with Crippen LogP contribution in [-0.2, 0) is 10.2 Å². The zero-order valence-electron chi connectivity index (χ0n) is 12.1. The summed E-state index contributed by atoms with van der Waals surface area (Å²) in [6.45, 7) is 2.76. The Morgan fingerprint density at radius 2 is 2.00 bits per heavy atom. The van der Waals surface area contributed by atoms with Crippen molar-refractivity contribution in [1.82, 2.24) is 4.31 Å². The van der Waals surface area contributed by atoms with Gasteiger partial charge in [-0.1, -0.05) is 24.3 Å². The number of benzene rings is 1. The molecule has 0 atom stereocenters. The second-order valence-electron chi connectivity index (χ2n) is 5.06. The number of aryl methyl sites for hydroxylation is 1. The average molecular weight is 308 g/mol. The lowest BCUT2D eigenvalue weighted by Crippen LogP contribution is -2.39. The normalized spacial score (nSPS) is 16.1. The van der Waals surface area contributed by atoms with E-state index in [1.807, 2.05) is 13.0 Å². The highest BCUT2D eigenvalue weighted by molar-refractivity contribution is 7.90. The maximum Gasteiger partial charge on any atom is 0.301 e. The van der Waals surface area contributed by atoms with Crippen LogP contribution in [0.25, 0.3) is 0 Å². The number of hydrogen-bond donors (Lipinski definition) is 2. The molecule has 2 rings (SSSR count). The molecule has 0 amide bonds. The smallest absolute Gasteiger partial charge is 0.301 e. The highest BCUT2D eigenvalue weighted by Gasteiger charge is 2.24. The summed E-state index contributed by atoms with van der Waals surface area (Å²) < 4.78 is 28.9. The fraction of sp³-hybridized carbons (Fsp3) is 0.467. The number of nitrogens with zero attached hydrogens (tertiary/aromatic N) is 1. The molecular weight excluding hydrogens is 288 g/mol. The van der Waals surface area contributed by atoms with Gasteiger partial charge < -0.3 is 5.11 Å². The molecule has 2 N–H and O–H groups in total. The molecule has 5 nitrogen and oxygen atoms in total. The van der Waals surface area contributed by atoms with E-state index in [0.717, 1.165) is 24.8 Å². The van der Waals surface area contributed by atoms with Crippen LogP contribution >= 0.6 is 0 Å². The Morgan fingerprint density at radius 1 is 1.29 bits per heavy atom. The van der Waals surface area contributed by atoms with Gasteiger partial charge in [-0.15, -0.1) is 0 Å². The Bertz CT molecular complexity index is 653. The third-order valence-electron chi connectivity index (χ3n) is 3.44. The third-order valence-corrected chi connectivity index (χ3v) is 4.97. The maximum absolute atomic E-state index is 12.4. The number of aliphatic hydroxyl groups excluding tert-OH is 1. The molecule has 0 bridgehead atoms. The van der Waals surface area contributed by atoms with Gasteiger partial charge in [-0.3, -0.25) is 4.72 Å². The summed E-state index contributed by atoms with van der Waals surface area (Å²) in [7, 11) is -3.51. The van der Waals surface area contributed by atoms with Gasteiger partial charge in [0.2, 0.25) is 0 Å². The summed E-state index contributed by atoms with van der Waals surface area (Å²) in [6.07, 6.45) is 2.89. The zero-order chi connectivity index (χ0) is 15.3. The Balaban J connectivity index is 2.21. The minimum Gasteiger partial charge on any atom is -0.384 e. The largest absolute Gasteiger partial charge is 0.384 e. The molecule has 0 saturated carbocycles. The highest BCUT2D eigenvalue weighted by Crippen LogP contribution is 2.21. The minimum absolute atomic E-state index is 0.220. The number of rotatable bonds is 3. The second-order valence-corrected chi connectivity index (χ2v) is 6.73. The van der Waals surface area contributed by atoms with Crippen LogP contribution in [-0.4, -0.2) is 37.5 Å². The van der Waals surface area contributed by atoms with Gasteiger partial charge in [0, 0.05) is 18.7 Å². The topological polar surface area (TPSA) is 69.6 Å². The summed E-state index contributed by atoms with van der Waals surface area (Å²) in [5.41, 5.74) is 2.04. The molecule has 1 aromatic rings. The van der Waals surface area contributed by atoms with Gasteiger partial charge in [-0.25, -0.2) is 0 Å². The molecule has 1 aromatic carbocycles. The predicted octanol–water partition coefficient (Wildman–Crippen LogP) is 1.48. The van der Waals surface area contributed by atoms with Crippen molar-refractivity contribution in [3.63, 3.8) is 0 Å². The van der Waals surface area contributed by atoms with E-state index in [4.69, 9.17) is 5.11 Å². The van der Waals surface area contributed by atoms with E-state index >= 15 is 0 Å². The molecular formula is C15H20N2O3S. The Hall–Kier alpha value is -1.55. The Labute approximate surface area is 126 Å². The predicted molar refractivity (Wildman–Crippen MR) is 83.1 cm³/mol. The molecule has 114 valence electrons. The third kappa shape index (κ3) is 4.21. The molecule has 0 radical (unpaired) electrons. The first-order valence-corrected chi connectivity index (χ1v) is 8.45. The van der Waals surface area contributed by atoms with Crippen molar-refractivity contribution in [1.29, 1.82) is 0 Å². The molecule has 6 heteroatoms. The van der Waals surface area contributed by atoms with Crippen LogP contribution in [0, 0.1) is 18.8 Å². The van der Waals surface area contributed by atoms with Gasteiger partial charge in [0.25, 0.3) is 0 Å². The first-order chi connectivity index (χ1) is 10.0. The molecule has 0 aliphatic carbocycles. The van der Waals surface area contributed by atoms with Gasteiger partial charge in [-0.05, 0) is 37.5 Å². The van der Waals surface area contributed by atoms with Crippen LogP contribution in [0.5, 0.6) is 0 Å². The van der Waals surface area contributed by atoms with Crippen molar-refractivity contribution >= 4 is 15.9 Å². The van der Waals surface area contributed by atoms with Crippen LogP contribution in [0.2, 0.25) is 0 Å². The lowest BCUT2D eigenvalue weighted by Gasteiger charge is -2.26. The Morgan fingerprint density at radius 3 is 2.67 bits per heavy atom. The number of nitrogens with one attached hydrogen (secondary N) is 1. The van der Waals surface area contributed by atoms with Crippen LogP contribution in [0.4, 0.5) is 5.69 Å². The van der Waals surface area contributed by atoms with Crippen molar-refractivity contribution in [3.05, 3.63) is 29.3 Å². The fourth-order valence-corrected chi connectivity index (χ4v) is 3.63. The molecule has 0 spiro atoms. The monoisotopic (exact) mass is 308 g/mol. The lowest BCUT2D eigenvalue weighted by atomic mass is 10.1. The van der Waals surface area contributed by atoms with Crippen LogP contribution in [0.3, 0.4) is 0 Å². The average Bonchev–Trinajstić information content (AvgIpc) is 2.49. The first kappa shape index (κ1) is 15.8. The van der Waals surface area contributed by atoms with E-state index in [1.165, 1.54) is 4.31 Å². The maximum atomic E-state index is 12.4. The summed E-state index contributed by atoms with van der Waals surface area (Å²) in [5, 5.41) is 8.72. The second kappa shape index (κ2) is 6.94. The van der Waals surface area contributed by atoms with Gasteiger partial charge in [0.05, 0.1) is 5.69 Å². The van der Waals surface area contributed by atoms with E-state index in [2.05, 4.69) is 16.6 Å². The Kier molecular flexibility index (Phi) is 5.23. The molecule has 1 heterocycles. The first-order valence-electron chi connectivity index (χ1n) is 7.01. The van der Waals surface area contributed by atoms with Gasteiger partial charge in [0.15, 0.2) is 0 Å².